The van der Waals surface area contributed by atoms with Crippen molar-refractivity contribution in [2.45, 2.75) is 37.8 Å². The Balaban J connectivity index is 1.29. The lowest BCUT2D eigenvalue weighted by Gasteiger charge is -2.24. The number of hydrogen-bond donors (Lipinski definition) is 1. The summed E-state index contributed by atoms with van der Waals surface area (Å²) in [6.45, 7) is 0.346. The number of benzene rings is 2. The molecule has 1 N–H and O–H groups in total. The molecule has 31 heavy (non-hydrogen) atoms. The van der Waals surface area contributed by atoms with Gasteiger partial charge in [0.1, 0.15) is 5.75 Å². The highest BCUT2D eigenvalue weighted by atomic mass is 16.5. The van der Waals surface area contributed by atoms with E-state index in [4.69, 9.17) is 9.26 Å². The SMILES string of the molecule is O=C1C[C@H]2Cc3c(-c4noc(-c5ccc(OC6CC6)cc5)n4)cccc3[C@H]2N1CCO. The number of nitrogens with zero attached hydrogens (tertiary/aromatic N) is 3. The van der Waals surface area contributed by atoms with E-state index < -0.39 is 0 Å². The molecule has 7 heteroatoms. The molecular weight excluding hydrogens is 394 g/mol. The minimum atomic E-state index is -0.0251. The van der Waals surface area contributed by atoms with Crippen molar-refractivity contribution in [3.8, 4) is 28.6 Å². The number of rotatable bonds is 6. The molecule has 2 fully saturated rings. The van der Waals surface area contributed by atoms with Gasteiger partial charge in [0.15, 0.2) is 0 Å². The summed E-state index contributed by atoms with van der Waals surface area (Å²) in [5, 5.41) is 13.6. The van der Waals surface area contributed by atoms with Gasteiger partial charge in [-0.2, -0.15) is 4.98 Å². The van der Waals surface area contributed by atoms with Gasteiger partial charge in [-0.1, -0.05) is 23.4 Å². The van der Waals surface area contributed by atoms with Crippen LogP contribution in [0.3, 0.4) is 0 Å². The molecule has 2 atom stereocenters. The van der Waals surface area contributed by atoms with Gasteiger partial charge in [0.05, 0.1) is 18.8 Å². The number of ether oxygens (including phenoxy) is 1. The standard InChI is InChI=1S/C24H23N3O4/c28-11-10-27-21(29)13-15-12-20-18(22(15)27)2-1-3-19(20)23-25-24(31-26-23)14-4-6-16(7-5-14)30-17-8-9-17/h1-7,15,17,22,28H,8-13H2/t15-,22+/m1/s1. The first kappa shape index (κ1) is 18.6. The fourth-order valence-electron chi connectivity index (χ4n) is 4.93. The molecule has 2 aliphatic carbocycles. The average molecular weight is 417 g/mol. The molecule has 6 rings (SSSR count). The summed E-state index contributed by atoms with van der Waals surface area (Å²) in [4.78, 5) is 18.8. The van der Waals surface area contributed by atoms with Gasteiger partial charge in [0.25, 0.3) is 5.89 Å². The lowest BCUT2D eigenvalue weighted by molar-refractivity contribution is -0.129. The van der Waals surface area contributed by atoms with E-state index in [0.717, 1.165) is 41.7 Å². The zero-order valence-electron chi connectivity index (χ0n) is 17.0. The average Bonchev–Trinajstić information content (AvgIpc) is 3.19. The largest absolute Gasteiger partial charge is 0.490 e. The Labute approximate surface area is 179 Å². The molecule has 3 aliphatic rings. The molecule has 2 heterocycles. The Kier molecular flexibility index (Phi) is 4.31. The topological polar surface area (TPSA) is 88.7 Å². The van der Waals surface area contributed by atoms with Crippen LogP contribution in [-0.2, 0) is 11.2 Å². The summed E-state index contributed by atoms with van der Waals surface area (Å²) in [5.41, 5.74) is 4.11. The molecule has 1 saturated heterocycles. The number of amides is 1. The van der Waals surface area contributed by atoms with E-state index in [-0.39, 0.29) is 24.5 Å². The van der Waals surface area contributed by atoms with Gasteiger partial charge >= 0.3 is 0 Å². The van der Waals surface area contributed by atoms with E-state index in [9.17, 15) is 9.90 Å². The highest BCUT2D eigenvalue weighted by Crippen LogP contribution is 2.49. The third-order valence-corrected chi connectivity index (χ3v) is 6.47. The Morgan fingerprint density at radius 3 is 2.74 bits per heavy atom. The first-order valence-electron chi connectivity index (χ1n) is 10.8. The maximum absolute atomic E-state index is 12.4. The normalized spacial score (nSPS) is 22.0. The van der Waals surface area contributed by atoms with Gasteiger partial charge in [-0.05, 0) is 60.6 Å². The molecule has 0 spiro atoms. The van der Waals surface area contributed by atoms with Crippen LogP contribution in [0, 0.1) is 5.92 Å². The molecule has 0 bridgehead atoms. The second-order valence-electron chi connectivity index (χ2n) is 8.56. The molecule has 1 aliphatic heterocycles. The summed E-state index contributed by atoms with van der Waals surface area (Å²) >= 11 is 0. The van der Waals surface area contributed by atoms with E-state index in [1.54, 1.807) is 0 Å². The molecule has 3 aromatic rings. The number of carbonyl (C=O) groups is 1. The zero-order chi connectivity index (χ0) is 20.9. The first-order valence-corrected chi connectivity index (χ1v) is 10.8. The highest BCUT2D eigenvalue weighted by Gasteiger charge is 2.46. The fraction of sp³-hybridized carbons (Fsp3) is 0.375. The van der Waals surface area contributed by atoms with Crippen molar-refractivity contribution in [2.75, 3.05) is 13.2 Å². The molecule has 7 nitrogen and oxygen atoms in total. The van der Waals surface area contributed by atoms with Crippen LogP contribution in [0.2, 0.25) is 0 Å². The van der Waals surface area contributed by atoms with E-state index >= 15 is 0 Å². The summed E-state index contributed by atoms with van der Waals surface area (Å²) in [6, 6.07) is 13.8. The van der Waals surface area contributed by atoms with Crippen LogP contribution in [-0.4, -0.2) is 45.3 Å². The van der Waals surface area contributed by atoms with Gasteiger partial charge in [0, 0.05) is 24.1 Å². The second kappa shape index (κ2) is 7.20. The Hall–Kier alpha value is -3.19. The van der Waals surface area contributed by atoms with E-state index in [1.807, 2.05) is 41.3 Å². The van der Waals surface area contributed by atoms with Crippen LogP contribution in [0.5, 0.6) is 5.75 Å². The highest BCUT2D eigenvalue weighted by molar-refractivity contribution is 5.81. The van der Waals surface area contributed by atoms with E-state index in [1.165, 1.54) is 5.56 Å². The number of aliphatic hydroxyl groups excluding tert-OH is 1. The summed E-state index contributed by atoms with van der Waals surface area (Å²) in [5.74, 6) is 2.25. The molecule has 0 radical (unpaired) electrons. The molecule has 2 aromatic carbocycles. The van der Waals surface area contributed by atoms with Crippen molar-refractivity contribution in [3.63, 3.8) is 0 Å². The Morgan fingerprint density at radius 1 is 1.13 bits per heavy atom. The van der Waals surface area contributed by atoms with E-state index in [2.05, 4.69) is 16.2 Å². The third-order valence-electron chi connectivity index (χ3n) is 6.47. The maximum atomic E-state index is 12.4. The number of hydrogen-bond acceptors (Lipinski definition) is 6. The Morgan fingerprint density at radius 2 is 1.97 bits per heavy atom. The van der Waals surface area contributed by atoms with Crippen LogP contribution < -0.4 is 4.74 Å². The summed E-state index contributed by atoms with van der Waals surface area (Å²) in [6.07, 6.45) is 3.95. The van der Waals surface area contributed by atoms with Gasteiger partial charge in [-0.25, -0.2) is 0 Å². The predicted octanol–water partition coefficient (Wildman–Crippen LogP) is 3.38. The van der Waals surface area contributed by atoms with Crippen LogP contribution in [0.1, 0.15) is 36.4 Å². The van der Waals surface area contributed by atoms with Gasteiger partial charge in [0.2, 0.25) is 11.7 Å². The summed E-state index contributed by atoms with van der Waals surface area (Å²) in [7, 11) is 0. The minimum Gasteiger partial charge on any atom is -0.490 e. The molecule has 1 aromatic heterocycles. The third kappa shape index (κ3) is 3.20. The van der Waals surface area contributed by atoms with Crippen molar-refractivity contribution in [1.29, 1.82) is 0 Å². The quantitative estimate of drug-likeness (QED) is 0.661. The molecule has 158 valence electrons. The molecular formula is C24H23N3O4. The fourth-order valence-corrected chi connectivity index (χ4v) is 4.93. The number of likely N-dealkylation sites (tertiary alicyclic amines) is 1. The smallest absolute Gasteiger partial charge is 0.258 e. The number of aromatic nitrogens is 2. The van der Waals surface area contributed by atoms with Crippen LogP contribution >= 0.6 is 0 Å². The van der Waals surface area contributed by atoms with Gasteiger partial charge < -0.3 is 19.3 Å². The van der Waals surface area contributed by atoms with Crippen LogP contribution in [0.4, 0.5) is 0 Å². The van der Waals surface area contributed by atoms with Crippen molar-refractivity contribution in [2.24, 2.45) is 5.92 Å². The summed E-state index contributed by atoms with van der Waals surface area (Å²) < 4.78 is 11.4. The van der Waals surface area contributed by atoms with Crippen LogP contribution in [0.15, 0.2) is 47.0 Å². The van der Waals surface area contributed by atoms with Crippen molar-refractivity contribution < 1.29 is 19.2 Å². The number of fused-ring (bicyclic) bond motifs is 3. The van der Waals surface area contributed by atoms with Crippen molar-refractivity contribution >= 4 is 5.91 Å². The molecule has 0 unspecified atom stereocenters. The van der Waals surface area contributed by atoms with Crippen LogP contribution in [0.25, 0.3) is 22.8 Å². The molecule has 1 amide bonds. The van der Waals surface area contributed by atoms with Gasteiger partial charge in [-0.3, -0.25) is 4.79 Å². The van der Waals surface area contributed by atoms with E-state index in [0.29, 0.717) is 30.8 Å². The second-order valence-corrected chi connectivity index (χ2v) is 8.56. The monoisotopic (exact) mass is 417 g/mol. The zero-order valence-corrected chi connectivity index (χ0v) is 17.0. The lowest BCUT2D eigenvalue weighted by Crippen LogP contribution is -2.30. The van der Waals surface area contributed by atoms with Gasteiger partial charge in [-0.15, -0.1) is 0 Å². The van der Waals surface area contributed by atoms with Crippen molar-refractivity contribution in [3.05, 3.63) is 53.6 Å². The number of carbonyl (C=O) groups excluding carboxylic acids is 1. The molecule has 1 saturated carbocycles. The Bertz CT molecular complexity index is 1140. The van der Waals surface area contributed by atoms with Crippen molar-refractivity contribution in [1.82, 2.24) is 15.0 Å². The lowest BCUT2D eigenvalue weighted by atomic mass is 10.0. The first-order chi connectivity index (χ1) is 15.2. The number of aliphatic hydroxyl groups is 1. The predicted molar refractivity (Wildman–Crippen MR) is 112 cm³/mol. The number of β-amino-alcohol motifs (C(OH)–C–C–N with tert-alkyl or cyclic N) is 1. The minimum absolute atomic E-state index is 0.0251. The maximum Gasteiger partial charge on any atom is 0.258 e.